The van der Waals surface area contributed by atoms with Crippen LogP contribution in [-0.4, -0.2) is 5.84 Å². The number of halogens is 3. The number of nitrogens with two attached hydrogens (primary N) is 1. The van der Waals surface area contributed by atoms with Gasteiger partial charge in [-0.25, -0.2) is 0 Å². The molecule has 2 aromatic rings. The Labute approximate surface area is 124 Å². The van der Waals surface area contributed by atoms with Crippen LogP contribution < -0.4 is 5.73 Å². The van der Waals surface area contributed by atoms with Gasteiger partial charge in [0.25, 0.3) is 0 Å². The Morgan fingerprint density at radius 3 is 2.33 bits per heavy atom. The van der Waals surface area contributed by atoms with Crippen LogP contribution >= 0.6 is 11.8 Å². The molecule has 6 heteroatoms. The molecule has 2 rings (SSSR count). The second kappa shape index (κ2) is 5.81. The average molecular weight is 310 g/mol. The quantitative estimate of drug-likeness (QED) is 0.650. The summed E-state index contributed by atoms with van der Waals surface area (Å²) in [6.45, 7) is 1.92. The lowest BCUT2D eigenvalue weighted by Crippen LogP contribution is -2.15. The van der Waals surface area contributed by atoms with E-state index in [1.807, 2.05) is 31.2 Å². The Bertz CT molecular complexity index is 681. The normalized spacial score (nSPS) is 11.4. The molecule has 0 radical (unpaired) electrons. The van der Waals surface area contributed by atoms with E-state index in [1.54, 1.807) is 0 Å². The molecule has 0 bridgehead atoms. The molecule has 3 N–H and O–H groups in total. The predicted molar refractivity (Wildman–Crippen MR) is 77.8 cm³/mol. The Morgan fingerprint density at radius 1 is 1.10 bits per heavy atom. The van der Waals surface area contributed by atoms with Crippen molar-refractivity contribution in [2.24, 2.45) is 5.73 Å². The van der Waals surface area contributed by atoms with Crippen molar-refractivity contribution in [2.45, 2.75) is 22.9 Å². The summed E-state index contributed by atoms with van der Waals surface area (Å²) in [4.78, 5) is 1.45. The molecule has 0 aromatic heterocycles. The van der Waals surface area contributed by atoms with Crippen LogP contribution in [0.2, 0.25) is 0 Å². The standard InChI is InChI=1S/C15H13F3N2S/c1-9-4-2-3-5-12(9)21-13-7-6-10(15(16,17)18)8-11(13)14(19)20/h2-8H,1H3,(H3,19,20). The fraction of sp³-hybridized carbons (Fsp3) is 0.133. The van der Waals surface area contributed by atoms with E-state index in [0.29, 0.717) is 4.90 Å². The van der Waals surface area contributed by atoms with Crippen LogP contribution in [0.3, 0.4) is 0 Å². The number of alkyl halides is 3. The van der Waals surface area contributed by atoms with Gasteiger partial charge in [0, 0.05) is 15.4 Å². The molecule has 110 valence electrons. The fourth-order valence-electron chi connectivity index (χ4n) is 1.80. The van der Waals surface area contributed by atoms with E-state index >= 15 is 0 Å². The number of amidine groups is 1. The molecule has 0 saturated carbocycles. The second-order valence-corrected chi connectivity index (χ2v) is 5.57. The number of benzene rings is 2. The molecule has 0 aliphatic carbocycles. The summed E-state index contributed by atoms with van der Waals surface area (Å²) in [6, 6.07) is 10.8. The second-order valence-electron chi connectivity index (χ2n) is 4.49. The first kappa shape index (κ1) is 15.4. The average Bonchev–Trinajstić information content (AvgIpc) is 2.40. The van der Waals surface area contributed by atoms with Gasteiger partial charge in [0.1, 0.15) is 5.84 Å². The summed E-state index contributed by atoms with van der Waals surface area (Å²) < 4.78 is 38.2. The highest BCUT2D eigenvalue weighted by Gasteiger charge is 2.31. The van der Waals surface area contributed by atoms with Gasteiger partial charge in [0.15, 0.2) is 0 Å². The molecule has 0 spiro atoms. The van der Waals surface area contributed by atoms with Crippen LogP contribution in [-0.2, 0) is 6.18 Å². The monoisotopic (exact) mass is 310 g/mol. The summed E-state index contributed by atoms with van der Waals surface area (Å²) in [5.41, 5.74) is 5.72. The molecule has 0 saturated heterocycles. The Hall–Kier alpha value is -1.95. The first-order chi connectivity index (χ1) is 9.79. The minimum Gasteiger partial charge on any atom is -0.384 e. The van der Waals surface area contributed by atoms with Gasteiger partial charge in [0.2, 0.25) is 0 Å². The lowest BCUT2D eigenvalue weighted by atomic mass is 10.1. The molecule has 0 atom stereocenters. The smallest absolute Gasteiger partial charge is 0.384 e. The van der Waals surface area contributed by atoms with Gasteiger partial charge in [-0.1, -0.05) is 30.0 Å². The van der Waals surface area contributed by atoms with Gasteiger partial charge >= 0.3 is 6.18 Å². The maximum Gasteiger partial charge on any atom is 0.416 e. The van der Waals surface area contributed by atoms with E-state index in [4.69, 9.17) is 11.1 Å². The van der Waals surface area contributed by atoms with E-state index in [-0.39, 0.29) is 11.4 Å². The molecular weight excluding hydrogens is 297 g/mol. The predicted octanol–water partition coefficient (Wildman–Crippen LogP) is 4.45. The van der Waals surface area contributed by atoms with E-state index in [9.17, 15) is 13.2 Å². The highest BCUT2D eigenvalue weighted by atomic mass is 32.2. The zero-order valence-electron chi connectivity index (χ0n) is 11.2. The Kier molecular flexibility index (Phi) is 4.27. The van der Waals surface area contributed by atoms with Crippen LogP contribution in [0.4, 0.5) is 13.2 Å². The van der Waals surface area contributed by atoms with Crippen molar-refractivity contribution in [1.82, 2.24) is 0 Å². The number of nitrogens with one attached hydrogen (secondary N) is 1. The van der Waals surface area contributed by atoms with Gasteiger partial charge in [-0.15, -0.1) is 0 Å². The van der Waals surface area contributed by atoms with Gasteiger partial charge in [-0.05, 0) is 36.8 Å². The number of nitrogen functional groups attached to an aromatic ring is 1. The lowest BCUT2D eigenvalue weighted by Gasteiger charge is -2.13. The summed E-state index contributed by atoms with van der Waals surface area (Å²) in [6.07, 6.45) is -4.45. The SMILES string of the molecule is Cc1ccccc1Sc1ccc(C(F)(F)F)cc1C(=N)N. The van der Waals surface area contributed by atoms with Crippen molar-refractivity contribution in [1.29, 1.82) is 5.41 Å². The van der Waals surface area contributed by atoms with E-state index in [1.165, 1.54) is 17.8 Å². The van der Waals surface area contributed by atoms with Crippen LogP contribution in [0.25, 0.3) is 0 Å². The molecule has 0 unspecified atom stereocenters. The van der Waals surface area contributed by atoms with E-state index < -0.39 is 11.7 Å². The van der Waals surface area contributed by atoms with Gasteiger partial charge in [0.05, 0.1) is 5.56 Å². The van der Waals surface area contributed by atoms with Crippen molar-refractivity contribution < 1.29 is 13.2 Å². The third-order valence-corrected chi connectivity index (χ3v) is 4.16. The summed E-state index contributed by atoms with van der Waals surface area (Å²) in [7, 11) is 0. The number of hydrogen-bond acceptors (Lipinski definition) is 2. The highest BCUT2D eigenvalue weighted by Crippen LogP contribution is 2.36. The zero-order chi connectivity index (χ0) is 15.6. The zero-order valence-corrected chi connectivity index (χ0v) is 12.0. The highest BCUT2D eigenvalue weighted by molar-refractivity contribution is 7.99. The van der Waals surface area contributed by atoms with Crippen LogP contribution in [0.15, 0.2) is 52.3 Å². The third-order valence-electron chi connectivity index (χ3n) is 2.91. The Morgan fingerprint density at radius 2 is 1.76 bits per heavy atom. The first-order valence-electron chi connectivity index (χ1n) is 6.08. The first-order valence-corrected chi connectivity index (χ1v) is 6.90. The van der Waals surface area contributed by atoms with Crippen molar-refractivity contribution >= 4 is 17.6 Å². The van der Waals surface area contributed by atoms with Crippen LogP contribution in [0.5, 0.6) is 0 Å². The van der Waals surface area contributed by atoms with Gasteiger partial charge < -0.3 is 5.73 Å². The maximum atomic E-state index is 12.7. The topological polar surface area (TPSA) is 49.9 Å². The largest absolute Gasteiger partial charge is 0.416 e. The molecule has 21 heavy (non-hydrogen) atoms. The molecule has 2 nitrogen and oxygen atoms in total. The number of aryl methyl sites for hydroxylation is 1. The van der Waals surface area contributed by atoms with E-state index in [2.05, 4.69) is 0 Å². The van der Waals surface area contributed by atoms with Crippen LogP contribution in [0, 0.1) is 12.3 Å². The van der Waals surface area contributed by atoms with Crippen LogP contribution in [0.1, 0.15) is 16.7 Å². The fourth-order valence-corrected chi connectivity index (χ4v) is 2.82. The molecule has 0 heterocycles. The molecule has 0 aliphatic rings. The van der Waals surface area contributed by atoms with E-state index in [0.717, 1.165) is 22.6 Å². The maximum absolute atomic E-state index is 12.7. The van der Waals surface area contributed by atoms with Gasteiger partial charge in [-0.2, -0.15) is 13.2 Å². The number of rotatable bonds is 3. The molecule has 0 aliphatic heterocycles. The summed E-state index contributed by atoms with van der Waals surface area (Å²) in [5.74, 6) is -0.378. The summed E-state index contributed by atoms with van der Waals surface area (Å²) in [5, 5.41) is 7.49. The van der Waals surface area contributed by atoms with Crippen molar-refractivity contribution in [2.75, 3.05) is 0 Å². The molecule has 0 fully saturated rings. The van der Waals surface area contributed by atoms with Crippen molar-refractivity contribution in [3.63, 3.8) is 0 Å². The minimum atomic E-state index is -4.45. The summed E-state index contributed by atoms with van der Waals surface area (Å²) >= 11 is 1.30. The number of hydrogen-bond donors (Lipinski definition) is 2. The van der Waals surface area contributed by atoms with Crippen molar-refractivity contribution in [3.8, 4) is 0 Å². The lowest BCUT2D eigenvalue weighted by molar-refractivity contribution is -0.137. The molecular formula is C15H13F3N2S. The van der Waals surface area contributed by atoms with Crippen molar-refractivity contribution in [3.05, 3.63) is 59.2 Å². The molecule has 0 amide bonds. The molecule has 2 aromatic carbocycles. The van der Waals surface area contributed by atoms with Gasteiger partial charge in [-0.3, -0.25) is 5.41 Å². The third kappa shape index (κ3) is 3.58. The minimum absolute atomic E-state index is 0.0954. The Balaban J connectivity index is 2.45.